The number of hydrogen-bond donors (Lipinski definition) is 1. The van der Waals surface area contributed by atoms with Crippen LogP contribution in [0.2, 0.25) is 0 Å². The van der Waals surface area contributed by atoms with Gasteiger partial charge in [0.05, 0.1) is 28.9 Å². The third kappa shape index (κ3) is 5.66. The van der Waals surface area contributed by atoms with Crippen molar-refractivity contribution in [3.63, 3.8) is 0 Å². The quantitative estimate of drug-likeness (QED) is 0.0345. The van der Waals surface area contributed by atoms with Crippen LogP contribution in [0.25, 0.3) is 10.8 Å². The molecule has 3 fully saturated rings. The molecule has 1 saturated carbocycles. The molecule has 5 aromatic rings. The maximum Gasteiger partial charge on any atom is 0.258 e. The highest BCUT2D eigenvalue weighted by Gasteiger charge is 2.77. The highest BCUT2D eigenvalue weighted by atomic mass is 35.5. The molecule has 6 unspecified atom stereocenters. The van der Waals surface area contributed by atoms with Crippen LogP contribution in [0.1, 0.15) is 24.3 Å². The molecule has 4 amide bonds. The standard InChI is InChI=1S/C44H30Cl2F5N5O5/c1-54(2)23-12-8-21(9-13-23)52-53-22-10-14-24(15-11-22)55-39(58)27-18-17-26-29(30(27)40(55)59)19-43(45)41(60)56(37-35(50)33(48)32(47)34(49)36(37)51)42(61)44(43,46)31(26)28-16-7-20-5-3-4-6-25(20)38(28)57/h3-17,27,29-31,57H,18-19H2,1-2H3. The van der Waals surface area contributed by atoms with Gasteiger partial charge in [0, 0.05) is 36.7 Å². The van der Waals surface area contributed by atoms with Gasteiger partial charge in [-0.1, -0.05) is 48.0 Å². The van der Waals surface area contributed by atoms with Crippen LogP contribution < -0.4 is 14.7 Å². The van der Waals surface area contributed by atoms with Crippen LogP contribution in [0.4, 0.5) is 50.4 Å². The van der Waals surface area contributed by atoms with Gasteiger partial charge < -0.3 is 10.0 Å². The Morgan fingerprint density at radius 1 is 0.705 bits per heavy atom. The zero-order valence-corrected chi connectivity index (χ0v) is 33.4. The molecule has 9 rings (SSSR count). The van der Waals surface area contributed by atoms with Crippen LogP contribution in [0.3, 0.4) is 0 Å². The first kappa shape index (κ1) is 40.2. The number of nitrogens with zero attached hydrogens (tertiary/aromatic N) is 5. The van der Waals surface area contributed by atoms with Crippen molar-refractivity contribution in [2.75, 3.05) is 28.8 Å². The van der Waals surface area contributed by atoms with E-state index >= 15 is 8.78 Å². The summed E-state index contributed by atoms with van der Waals surface area (Å²) in [6.07, 6.45) is 0.801. The minimum absolute atomic E-state index is 0.0763. The Bertz CT molecular complexity index is 2800. The number of hydrogen-bond acceptors (Lipinski definition) is 8. The molecule has 0 radical (unpaired) electrons. The van der Waals surface area contributed by atoms with E-state index < -0.39 is 104 Å². The van der Waals surface area contributed by atoms with E-state index in [2.05, 4.69) is 10.2 Å². The van der Waals surface area contributed by atoms with Crippen LogP contribution in [-0.4, -0.2) is 52.6 Å². The van der Waals surface area contributed by atoms with Gasteiger partial charge in [-0.2, -0.15) is 10.2 Å². The van der Waals surface area contributed by atoms with Crippen molar-refractivity contribution in [2.45, 2.75) is 28.5 Å². The first-order valence-corrected chi connectivity index (χ1v) is 19.6. The highest BCUT2D eigenvalue weighted by molar-refractivity contribution is 6.58. The molecule has 0 spiro atoms. The SMILES string of the molecule is CN(C)c1ccc(N=Nc2ccc(N3C(=O)C4CC=C5C(CC6(Cl)C(=O)N(c7c(F)c(F)c(F)c(F)c7F)C(=O)C6(Cl)C5c5ccc6ccccc6c5O)C4C3=O)cc2)cc1. The first-order chi connectivity index (χ1) is 29.0. The number of rotatable bonds is 6. The number of phenolic OH excluding ortho intramolecular Hbond substituents is 1. The predicted molar refractivity (Wildman–Crippen MR) is 216 cm³/mol. The number of aromatic hydroxyl groups is 1. The van der Waals surface area contributed by atoms with Crippen LogP contribution in [0, 0.1) is 46.8 Å². The Morgan fingerprint density at radius 3 is 1.92 bits per heavy atom. The van der Waals surface area contributed by atoms with E-state index in [1.54, 1.807) is 60.7 Å². The normalized spacial score (nSPS) is 26.0. The van der Waals surface area contributed by atoms with Gasteiger partial charge in [-0.05, 0) is 72.7 Å². The number of benzene rings is 5. The highest BCUT2D eigenvalue weighted by Crippen LogP contribution is 2.67. The molecule has 0 aromatic heterocycles. The van der Waals surface area contributed by atoms with E-state index in [4.69, 9.17) is 23.2 Å². The second-order valence-electron chi connectivity index (χ2n) is 15.6. The molecule has 2 heterocycles. The fourth-order valence-corrected chi connectivity index (χ4v) is 10.2. The number of fused-ring (bicyclic) bond motifs is 5. The first-order valence-electron chi connectivity index (χ1n) is 18.9. The third-order valence-corrected chi connectivity index (χ3v) is 13.6. The summed E-state index contributed by atoms with van der Waals surface area (Å²) in [6, 6.07) is 23.0. The summed E-state index contributed by atoms with van der Waals surface area (Å²) in [6.45, 7) is 0. The van der Waals surface area contributed by atoms with Crippen molar-refractivity contribution < 1.29 is 46.2 Å². The summed E-state index contributed by atoms with van der Waals surface area (Å²) in [5, 5.41) is 21.1. The van der Waals surface area contributed by atoms with E-state index in [1.165, 1.54) is 18.2 Å². The number of allylic oxidation sites excluding steroid dienone is 2. The molecular formula is C44H30Cl2F5N5O5. The lowest BCUT2D eigenvalue weighted by atomic mass is 9.56. The number of alkyl halides is 2. The van der Waals surface area contributed by atoms with E-state index in [1.807, 2.05) is 31.1 Å². The zero-order chi connectivity index (χ0) is 43.4. The zero-order valence-electron chi connectivity index (χ0n) is 31.8. The van der Waals surface area contributed by atoms with E-state index in [0.29, 0.717) is 16.8 Å². The molecule has 61 heavy (non-hydrogen) atoms. The lowest BCUT2D eigenvalue weighted by Crippen LogP contribution is -2.60. The molecule has 2 aliphatic heterocycles. The average Bonchev–Trinajstić information content (AvgIpc) is 3.59. The Kier molecular flexibility index (Phi) is 9.36. The minimum Gasteiger partial charge on any atom is -0.507 e. The molecule has 1 N–H and O–H groups in total. The molecule has 6 atom stereocenters. The molecule has 2 aliphatic carbocycles. The number of amides is 4. The van der Waals surface area contributed by atoms with Gasteiger partial charge in [-0.3, -0.25) is 24.1 Å². The van der Waals surface area contributed by atoms with E-state index in [9.17, 15) is 37.5 Å². The van der Waals surface area contributed by atoms with E-state index in [0.717, 1.165) is 10.6 Å². The monoisotopic (exact) mass is 873 g/mol. The number of carbonyl (C=O) groups is 4. The van der Waals surface area contributed by atoms with Gasteiger partial charge in [0.25, 0.3) is 11.8 Å². The summed E-state index contributed by atoms with van der Waals surface area (Å²) in [5.41, 5.74) is 0.398. The number of imide groups is 2. The van der Waals surface area contributed by atoms with Crippen molar-refractivity contribution in [3.05, 3.63) is 131 Å². The topological polar surface area (TPSA) is 123 Å². The van der Waals surface area contributed by atoms with Crippen LogP contribution >= 0.6 is 23.2 Å². The lowest BCUT2D eigenvalue weighted by molar-refractivity contribution is -0.125. The van der Waals surface area contributed by atoms with Gasteiger partial charge in [-0.25, -0.2) is 26.9 Å². The van der Waals surface area contributed by atoms with Crippen molar-refractivity contribution in [2.24, 2.45) is 28.0 Å². The number of halogens is 7. The van der Waals surface area contributed by atoms with Gasteiger partial charge in [0.2, 0.25) is 17.6 Å². The van der Waals surface area contributed by atoms with Crippen molar-refractivity contribution in [1.29, 1.82) is 0 Å². The Morgan fingerprint density at radius 2 is 1.30 bits per heavy atom. The van der Waals surface area contributed by atoms with E-state index in [-0.39, 0.29) is 33.5 Å². The minimum atomic E-state index is -2.79. The Hall–Kier alpha value is -6.19. The number of anilines is 3. The molecule has 310 valence electrons. The average molecular weight is 875 g/mol. The third-order valence-electron chi connectivity index (χ3n) is 12.2. The number of phenols is 1. The van der Waals surface area contributed by atoms with Gasteiger partial charge in [0.15, 0.2) is 33.0 Å². The molecule has 2 saturated heterocycles. The van der Waals surface area contributed by atoms with Gasteiger partial charge >= 0.3 is 0 Å². The summed E-state index contributed by atoms with van der Waals surface area (Å²) in [5.74, 6) is -22.4. The molecular weight excluding hydrogens is 844 g/mol. The second-order valence-corrected chi connectivity index (χ2v) is 16.8. The molecule has 5 aromatic carbocycles. The Labute approximate surface area is 353 Å². The molecule has 10 nitrogen and oxygen atoms in total. The van der Waals surface area contributed by atoms with Crippen LogP contribution in [-0.2, 0) is 19.2 Å². The summed E-state index contributed by atoms with van der Waals surface area (Å²) in [4.78, 5) is 55.1. The fourth-order valence-electron chi connectivity index (χ4n) is 9.27. The maximum absolute atomic E-state index is 15.4. The molecule has 4 aliphatic rings. The number of carbonyl (C=O) groups excluding carboxylic acids is 4. The Balaban J connectivity index is 1.13. The summed E-state index contributed by atoms with van der Waals surface area (Å²) in [7, 11) is 3.81. The lowest BCUT2D eigenvalue weighted by Gasteiger charge is -2.50. The van der Waals surface area contributed by atoms with Crippen LogP contribution in [0.5, 0.6) is 5.75 Å². The maximum atomic E-state index is 15.4. The smallest absolute Gasteiger partial charge is 0.258 e. The van der Waals surface area contributed by atoms with Crippen LogP contribution in [0.15, 0.2) is 107 Å². The van der Waals surface area contributed by atoms with Gasteiger partial charge in [-0.15, -0.1) is 23.2 Å². The molecule has 0 bridgehead atoms. The van der Waals surface area contributed by atoms with Gasteiger partial charge in [0.1, 0.15) is 11.4 Å². The van der Waals surface area contributed by atoms with Crippen molar-refractivity contribution in [1.82, 2.24) is 0 Å². The summed E-state index contributed by atoms with van der Waals surface area (Å²) < 4.78 is 74.3. The molecule has 17 heteroatoms. The fraction of sp³-hybridized carbons (Fsp3) is 0.227. The summed E-state index contributed by atoms with van der Waals surface area (Å²) >= 11 is 14.5. The predicted octanol–water partition coefficient (Wildman–Crippen LogP) is 9.49. The van der Waals surface area contributed by atoms with Crippen molar-refractivity contribution in [3.8, 4) is 5.75 Å². The largest absolute Gasteiger partial charge is 0.507 e. The number of azo groups is 1. The second kappa shape index (κ2) is 14.2. The van der Waals surface area contributed by atoms with Crippen molar-refractivity contribution >= 4 is 86.0 Å².